The van der Waals surface area contributed by atoms with E-state index in [9.17, 15) is 4.79 Å². The number of carbonyl (C=O) groups is 1. The van der Waals surface area contributed by atoms with Crippen molar-refractivity contribution in [1.82, 2.24) is 0 Å². The average molecular weight is 200 g/mol. The van der Waals surface area contributed by atoms with E-state index in [2.05, 4.69) is 0 Å². The SMILES string of the molecule is CCCCO[13C](=O)[13c]1c[13cH][13c](O)[13cH][13cH]1. The molecule has 3 nitrogen and oxygen atoms in total. The van der Waals surface area contributed by atoms with Gasteiger partial charge in [-0.3, -0.25) is 0 Å². The summed E-state index contributed by atoms with van der Waals surface area (Å²) in [5.74, 6) is -0.187. The van der Waals surface area contributed by atoms with Crippen LogP contribution in [-0.2, 0) is 4.74 Å². The fourth-order valence-corrected chi connectivity index (χ4v) is 0.990. The summed E-state index contributed by atoms with van der Waals surface area (Å²) in [6.07, 6.45) is 1.88. The summed E-state index contributed by atoms with van der Waals surface area (Å²) in [7, 11) is 0. The van der Waals surface area contributed by atoms with Crippen LogP contribution < -0.4 is 0 Å². The van der Waals surface area contributed by atoms with Gasteiger partial charge in [0.15, 0.2) is 0 Å². The second-order valence-corrected chi connectivity index (χ2v) is 3.04. The van der Waals surface area contributed by atoms with Gasteiger partial charge in [-0.2, -0.15) is 0 Å². The highest BCUT2D eigenvalue weighted by atomic mass is 16.6. The average Bonchev–Trinajstić information content (AvgIpc) is 2.19. The van der Waals surface area contributed by atoms with Gasteiger partial charge in [-0.15, -0.1) is 0 Å². The molecule has 0 saturated heterocycles. The third-order valence-corrected chi connectivity index (χ3v) is 1.83. The first-order valence-corrected chi connectivity index (χ1v) is 4.70. The molecule has 0 fully saturated rings. The quantitative estimate of drug-likeness (QED) is 0.461. The molecule has 1 aromatic rings. The Kier molecular flexibility index (Phi) is 3.98. The maximum atomic E-state index is 11.3. The molecule has 0 aliphatic rings. The Balaban J connectivity index is 2.48. The minimum absolute atomic E-state index is 0.148. The van der Waals surface area contributed by atoms with Gasteiger partial charge in [-0.05, 0) is 30.7 Å². The van der Waals surface area contributed by atoms with E-state index in [1.54, 1.807) is 12.1 Å². The van der Waals surface area contributed by atoms with Gasteiger partial charge >= 0.3 is 5.97 Å². The summed E-state index contributed by atoms with van der Waals surface area (Å²) in [6, 6.07) is 6.03. The van der Waals surface area contributed by atoms with E-state index in [1.165, 1.54) is 12.1 Å². The number of phenolic OH excluding ortho intramolecular Hbond substituents is 1. The highest BCUT2D eigenvalue weighted by Crippen LogP contribution is 2.10. The molecule has 0 amide bonds. The number of hydrogen-bond donors (Lipinski definition) is 1. The summed E-state index contributed by atoms with van der Waals surface area (Å²) < 4.78 is 4.99. The number of esters is 1. The van der Waals surface area contributed by atoms with Gasteiger partial charge in [0.1, 0.15) is 5.75 Å². The maximum Gasteiger partial charge on any atom is 0.338 e. The number of carbonyl (C=O) groups excluding carboxylic acids is 1. The van der Waals surface area contributed by atoms with Gasteiger partial charge in [-0.25, -0.2) is 4.79 Å². The second kappa shape index (κ2) is 5.27. The van der Waals surface area contributed by atoms with Crippen LogP contribution in [0.4, 0.5) is 0 Å². The topological polar surface area (TPSA) is 46.5 Å². The molecule has 1 aromatic carbocycles. The predicted octanol–water partition coefficient (Wildman–Crippen LogP) is 2.35. The van der Waals surface area contributed by atoms with Crippen LogP contribution in [0.5, 0.6) is 5.75 Å². The summed E-state index contributed by atoms with van der Waals surface area (Å²) in [5.41, 5.74) is 0.471. The van der Waals surface area contributed by atoms with Crippen molar-refractivity contribution >= 4 is 5.97 Å². The molecule has 14 heavy (non-hydrogen) atoms. The van der Waals surface area contributed by atoms with E-state index in [-0.39, 0.29) is 11.7 Å². The molecule has 0 atom stereocenters. The number of phenols is 1. The number of ether oxygens (including phenoxy) is 1. The van der Waals surface area contributed by atoms with E-state index >= 15 is 0 Å². The highest BCUT2D eigenvalue weighted by Gasteiger charge is 2.05. The number of benzene rings is 1. The molecule has 0 unspecified atom stereocenters. The van der Waals surface area contributed by atoms with Crippen LogP contribution in [0.1, 0.15) is 30.1 Å². The number of aromatic hydroxyl groups is 1. The van der Waals surface area contributed by atoms with Gasteiger partial charge in [0.05, 0.1) is 12.2 Å². The molecule has 1 N–H and O–H groups in total. The molecule has 3 heteroatoms. The van der Waals surface area contributed by atoms with Crippen LogP contribution in [0.2, 0.25) is 0 Å². The van der Waals surface area contributed by atoms with Crippen LogP contribution in [-0.4, -0.2) is 17.7 Å². The summed E-state index contributed by atoms with van der Waals surface area (Å²) in [4.78, 5) is 11.3. The maximum absolute atomic E-state index is 11.3. The highest BCUT2D eigenvalue weighted by molar-refractivity contribution is 5.89. The third kappa shape index (κ3) is 3.09. The van der Waals surface area contributed by atoms with Crippen molar-refractivity contribution < 1.29 is 14.6 Å². The number of unbranched alkanes of at least 4 members (excludes halogenated alkanes) is 1. The van der Waals surface area contributed by atoms with Crippen LogP contribution in [0.15, 0.2) is 24.3 Å². The van der Waals surface area contributed by atoms with Crippen molar-refractivity contribution in [1.29, 1.82) is 0 Å². The Labute approximate surface area is 83.3 Å². The number of rotatable bonds is 4. The van der Waals surface area contributed by atoms with E-state index in [0.717, 1.165) is 12.8 Å². The predicted molar refractivity (Wildman–Crippen MR) is 53.3 cm³/mol. The lowest BCUT2D eigenvalue weighted by Crippen LogP contribution is -2.05. The first kappa shape index (κ1) is 10.6. The van der Waals surface area contributed by atoms with E-state index < -0.39 is 0 Å². The van der Waals surface area contributed by atoms with Crippen molar-refractivity contribution in [2.45, 2.75) is 19.8 Å². The Hall–Kier alpha value is -1.51. The minimum Gasteiger partial charge on any atom is -0.508 e. The van der Waals surface area contributed by atoms with Gasteiger partial charge in [-0.1, -0.05) is 13.3 Å². The summed E-state index contributed by atoms with van der Waals surface area (Å²) in [6.45, 7) is 2.49. The normalized spacial score (nSPS) is 9.79. The molecule has 0 aliphatic carbocycles. The van der Waals surface area contributed by atoms with E-state index in [0.29, 0.717) is 12.2 Å². The Morgan fingerprint density at radius 3 is 2.57 bits per heavy atom. The van der Waals surface area contributed by atoms with Crippen LogP contribution in [0.25, 0.3) is 0 Å². The smallest absolute Gasteiger partial charge is 0.338 e. The van der Waals surface area contributed by atoms with Crippen molar-refractivity contribution in [2.24, 2.45) is 0 Å². The van der Waals surface area contributed by atoms with Crippen LogP contribution in [0.3, 0.4) is 0 Å². The standard InChI is InChI=1S/C11H14O3/c1-2-3-8-14-11(13)9-4-6-10(12)7-5-9/h4-7,12H,2-3,8H2,1H3/i4+1,6+1,7+1,9+1,10+1,11+1. The molecule has 0 aromatic heterocycles. The fourth-order valence-electron chi connectivity index (χ4n) is 0.990. The van der Waals surface area contributed by atoms with E-state index in [1.807, 2.05) is 6.92 Å². The molecule has 1 rings (SSSR count). The number of hydrogen-bond acceptors (Lipinski definition) is 3. The molecule has 0 radical (unpaired) electrons. The Morgan fingerprint density at radius 2 is 2.00 bits per heavy atom. The molecule has 0 spiro atoms. The zero-order chi connectivity index (χ0) is 10.4. The van der Waals surface area contributed by atoms with Crippen molar-refractivity contribution in [3.8, 4) is 5.75 Å². The molecule has 0 aliphatic heterocycles. The van der Waals surface area contributed by atoms with Gasteiger partial charge in [0, 0.05) is 0 Å². The summed E-state index contributed by atoms with van der Waals surface area (Å²) >= 11 is 0. The zero-order valence-electron chi connectivity index (χ0n) is 8.19. The molecule has 0 bridgehead atoms. The van der Waals surface area contributed by atoms with Gasteiger partial charge < -0.3 is 9.84 Å². The lowest BCUT2D eigenvalue weighted by atomic mass is 10.4. The van der Waals surface area contributed by atoms with Gasteiger partial charge in [0.25, 0.3) is 0 Å². The van der Waals surface area contributed by atoms with Crippen molar-refractivity contribution in [3.05, 3.63) is 29.8 Å². The monoisotopic (exact) mass is 200 g/mol. The fraction of sp³-hybridized carbons (Fsp3) is 0.364. The molecular weight excluding hydrogens is 186 g/mol. The molecule has 76 valence electrons. The molecule has 0 saturated carbocycles. The lowest BCUT2D eigenvalue weighted by Gasteiger charge is -2.03. The molecular formula is C11H14O3. The van der Waals surface area contributed by atoms with Crippen LogP contribution >= 0.6 is 0 Å². The first-order valence-electron chi connectivity index (χ1n) is 4.70. The second-order valence-electron chi connectivity index (χ2n) is 3.04. The molecule has 0 heterocycles. The van der Waals surface area contributed by atoms with Gasteiger partial charge in [0.2, 0.25) is 0 Å². The third-order valence-electron chi connectivity index (χ3n) is 1.83. The van der Waals surface area contributed by atoms with Crippen molar-refractivity contribution in [3.63, 3.8) is 0 Å². The lowest BCUT2D eigenvalue weighted by molar-refractivity contribution is 0.0500. The van der Waals surface area contributed by atoms with Crippen molar-refractivity contribution in [2.75, 3.05) is 6.61 Å². The zero-order valence-corrected chi connectivity index (χ0v) is 8.19. The Morgan fingerprint density at radius 1 is 1.36 bits per heavy atom. The first-order chi connectivity index (χ1) is 6.74. The van der Waals surface area contributed by atoms with E-state index in [4.69, 9.17) is 9.84 Å². The largest absolute Gasteiger partial charge is 0.508 e. The Bertz CT molecular complexity index is 290. The minimum atomic E-state index is -0.335. The van der Waals surface area contributed by atoms with Crippen LogP contribution in [0, 0.1) is 0 Å². The summed E-state index contributed by atoms with van der Waals surface area (Å²) in [5, 5.41) is 9.00.